The Bertz CT molecular complexity index is 969. The van der Waals surface area contributed by atoms with Crippen molar-refractivity contribution in [3.05, 3.63) is 39.4 Å². The fourth-order valence-corrected chi connectivity index (χ4v) is 3.42. The Morgan fingerprint density at radius 1 is 1.33 bits per heavy atom. The molecular formula is C18H22N4O4S. The second kappa shape index (κ2) is 7.93. The number of H-pyrrole nitrogens is 1. The van der Waals surface area contributed by atoms with E-state index in [4.69, 9.17) is 27.4 Å². The molecule has 8 nitrogen and oxygen atoms in total. The van der Waals surface area contributed by atoms with E-state index in [1.807, 2.05) is 0 Å². The molecule has 0 spiro atoms. The summed E-state index contributed by atoms with van der Waals surface area (Å²) in [4.78, 5) is 29.0. The van der Waals surface area contributed by atoms with Crippen molar-refractivity contribution in [3.8, 4) is 22.8 Å². The van der Waals surface area contributed by atoms with Gasteiger partial charge in [-0.05, 0) is 30.8 Å². The van der Waals surface area contributed by atoms with Crippen molar-refractivity contribution >= 4 is 18.1 Å². The van der Waals surface area contributed by atoms with Crippen molar-refractivity contribution in [1.82, 2.24) is 14.5 Å². The first-order valence-corrected chi connectivity index (χ1v) is 8.93. The van der Waals surface area contributed by atoms with E-state index in [1.54, 1.807) is 34.8 Å². The third-order valence-corrected chi connectivity index (χ3v) is 4.91. The largest absolute Gasteiger partial charge is 0.497 e. The van der Waals surface area contributed by atoms with Crippen LogP contribution in [0.5, 0.6) is 11.5 Å². The molecule has 27 heavy (non-hydrogen) atoms. The van der Waals surface area contributed by atoms with Gasteiger partial charge in [0.1, 0.15) is 18.0 Å². The SMILES string of the molecule is COc1ccc(-c2cc(=O)[nH]c(=S)n2CC(=O)N2CC[C@@H](N)C2)c(OC)c1. The molecule has 1 aliphatic heterocycles. The number of ether oxygens (including phenoxy) is 2. The number of nitrogens with two attached hydrogens (primary N) is 1. The number of hydrogen-bond acceptors (Lipinski definition) is 6. The van der Waals surface area contributed by atoms with Gasteiger partial charge in [-0.2, -0.15) is 0 Å². The average Bonchev–Trinajstić information content (AvgIpc) is 3.09. The molecule has 1 aromatic heterocycles. The minimum Gasteiger partial charge on any atom is -0.497 e. The molecular weight excluding hydrogens is 368 g/mol. The third-order valence-electron chi connectivity index (χ3n) is 4.59. The molecule has 3 rings (SSSR count). The molecule has 9 heteroatoms. The number of carbonyl (C=O) groups excluding carboxylic acids is 1. The van der Waals surface area contributed by atoms with E-state index >= 15 is 0 Å². The lowest BCUT2D eigenvalue weighted by atomic mass is 10.1. The number of rotatable bonds is 5. The second-order valence-electron chi connectivity index (χ2n) is 6.36. The number of amides is 1. The van der Waals surface area contributed by atoms with Crippen LogP contribution in [-0.2, 0) is 11.3 Å². The van der Waals surface area contributed by atoms with Crippen molar-refractivity contribution in [1.29, 1.82) is 0 Å². The van der Waals surface area contributed by atoms with E-state index in [0.717, 1.165) is 6.42 Å². The fourth-order valence-electron chi connectivity index (χ4n) is 3.16. The van der Waals surface area contributed by atoms with Crippen LogP contribution in [0.1, 0.15) is 6.42 Å². The summed E-state index contributed by atoms with van der Waals surface area (Å²) in [6, 6.07) is 6.65. The van der Waals surface area contributed by atoms with Crippen LogP contribution < -0.4 is 20.8 Å². The molecule has 0 unspecified atom stereocenters. The van der Waals surface area contributed by atoms with Gasteiger partial charge in [-0.15, -0.1) is 0 Å². The smallest absolute Gasteiger partial charge is 0.252 e. The fraction of sp³-hybridized carbons (Fsp3) is 0.389. The highest BCUT2D eigenvalue weighted by Crippen LogP contribution is 2.32. The molecule has 2 heterocycles. The number of aromatic nitrogens is 2. The Hall–Kier alpha value is -2.65. The zero-order chi connectivity index (χ0) is 19.6. The monoisotopic (exact) mass is 390 g/mol. The minimum absolute atomic E-state index is 0.00125. The first-order chi connectivity index (χ1) is 12.9. The molecule has 1 aliphatic rings. The number of methoxy groups -OCH3 is 2. The van der Waals surface area contributed by atoms with Crippen molar-refractivity contribution in [2.45, 2.75) is 19.0 Å². The molecule has 1 amide bonds. The zero-order valence-electron chi connectivity index (χ0n) is 15.2. The lowest BCUT2D eigenvalue weighted by molar-refractivity contribution is -0.130. The van der Waals surface area contributed by atoms with E-state index in [-0.39, 0.29) is 28.8 Å². The zero-order valence-corrected chi connectivity index (χ0v) is 16.0. The van der Waals surface area contributed by atoms with Crippen LogP contribution in [0.25, 0.3) is 11.3 Å². The van der Waals surface area contributed by atoms with Gasteiger partial charge in [-0.3, -0.25) is 14.6 Å². The number of nitrogens with one attached hydrogen (secondary N) is 1. The van der Waals surface area contributed by atoms with Crippen LogP contribution in [0.4, 0.5) is 0 Å². The van der Waals surface area contributed by atoms with Gasteiger partial charge in [0.25, 0.3) is 5.56 Å². The number of carbonyl (C=O) groups is 1. The third kappa shape index (κ3) is 4.04. The van der Waals surface area contributed by atoms with Gasteiger partial charge in [-0.25, -0.2) is 0 Å². The first kappa shape index (κ1) is 19.1. The van der Waals surface area contributed by atoms with Crippen LogP contribution >= 0.6 is 12.2 Å². The van der Waals surface area contributed by atoms with Crippen LogP contribution in [0.3, 0.4) is 0 Å². The van der Waals surface area contributed by atoms with Crippen LogP contribution in [0.15, 0.2) is 29.1 Å². The molecule has 0 saturated carbocycles. The summed E-state index contributed by atoms with van der Waals surface area (Å²) in [5, 5.41) is 0. The van der Waals surface area contributed by atoms with Crippen LogP contribution in [-0.4, -0.2) is 53.7 Å². The van der Waals surface area contributed by atoms with Gasteiger partial charge in [0.2, 0.25) is 5.91 Å². The van der Waals surface area contributed by atoms with E-state index in [0.29, 0.717) is 35.8 Å². The minimum atomic E-state index is -0.347. The van der Waals surface area contributed by atoms with E-state index in [9.17, 15) is 9.59 Å². The molecule has 1 fully saturated rings. The Morgan fingerprint density at radius 2 is 2.11 bits per heavy atom. The Morgan fingerprint density at radius 3 is 2.74 bits per heavy atom. The highest BCUT2D eigenvalue weighted by Gasteiger charge is 2.24. The van der Waals surface area contributed by atoms with Crippen molar-refractivity contribution in [2.75, 3.05) is 27.3 Å². The standard InChI is InChI=1S/C18H22N4O4S/c1-25-12-3-4-13(15(7-12)26-2)14-8-16(23)20-18(27)22(14)10-17(24)21-6-5-11(19)9-21/h3-4,7-8,11H,5-6,9-10,19H2,1-2H3,(H,20,23,27)/t11-/m1/s1. The van der Waals surface area contributed by atoms with Gasteiger partial charge in [-0.1, -0.05) is 0 Å². The number of aromatic amines is 1. The maximum atomic E-state index is 12.7. The second-order valence-corrected chi connectivity index (χ2v) is 6.75. The summed E-state index contributed by atoms with van der Waals surface area (Å²) in [5.74, 6) is 1.03. The maximum Gasteiger partial charge on any atom is 0.252 e. The summed E-state index contributed by atoms with van der Waals surface area (Å²) < 4.78 is 12.4. The van der Waals surface area contributed by atoms with Crippen molar-refractivity contribution in [3.63, 3.8) is 0 Å². The summed E-state index contributed by atoms with van der Waals surface area (Å²) in [6.07, 6.45) is 0.780. The van der Waals surface area contributed by atoms with Gasteiger partial charge in [0.05, 0.1) is 19.9 Å². The van der Waals surface area contributed by atoms with E-state index in [1.165, 1.54) is 13.2 Å². The molecule has 2 aromatic rings. The summed E-state index contributed by atoms with van der Waals surface area (Å²) in [6.45, 7) is 1.15. The highest BCUT2D eigenvalue weighted by molar-refractivity contribution is 7.71. The normalized spacial score (nSPS) is 16.4. The predicted molar refractivity (Wildman–Crippen MR) is 104 cm³/mol. The van der Waals surface area contributed by atoms with E-state index in [2.05, 4.69) is 4.98 Å². The van der Waals surface area contributed by atoms with Gasteiger partial charge in [0, 0.05) is 36.8 Å². The molecule has 0 bridgehead atoms. The molecule has 1 atom stereocenters. The van der Waals surface area contributed by atoms with Crippen LogP contribution in [0.2, 0.25) is 0 Å². The molecule has 144 valence electrons. The number of likely N-dealkylation sites (tertiary alicyclic amines) is 1. The predicted octanol–water partition coefficient (Wildman–Crippen LogP) is 1.15. The average molecular weight is 390 g/mol. The van der Waals surface area contributed by atoms with Gasteiger partial charge >= 0.3 is 0 Å². The van der Waals surface area contributed by atoms with Crippen molar-refractivity contribution < 1.29 is 14.3 Å². The number of benzene rings is 1. The first-order valence-electron chi connectivity index (χ1n) is 8.53. The number of hydrogen-bond donors (Lipinski definition) is 2. The topological polar surface area (TPSA) is 103 Å². The van der Waals surface area contributed by atoms with Crippen LogP contribution in [0, 0.1) is 4.77 Å². The number of nitrogens with zero attached hydrogens (tertiary/aromatic N) is 2. The van der Waals surface area contributed by atoms with E-state index < -0.39 is 0 Å². The lowest BCUT2D eigenvalue weighted by Gasteiger charge is -2.20. The van der Waals surface area contributed by atoms with Crippen molar-refractivity contribution in [2.24, 2.45) is 5.73 Å². The molecule has 1 saturated heterocycles. The lowest BCUT2D eigenvalue weighted by Crippen LogP contribution is -2.35. The maximum absolute atomic E-state index is 12.7. The van der Waals surface area contributed by atoms with Gasteiger partial charge < -0.3 is 24.7 Å². The Kier molecular flexibility index (Phi) is 5.62. The Labute approximate surface area is 161 Å². The highest BCUT2D eigenvalue weighted by atomic mass is 32.1. The summed E-state index contributed by atoms with van der Waals surface area (Å²) in [5.41, 5.74) is 6.69. The molecule has 0 radical (unpaired) electrons. The molecule has 1 aromatic carbocycles. The van der Waals surface area contributed by atoms with Gasteiger partial charge in [0.15, 0.2) is 4.77 Å². The molecule has 3 N–H and O–H groups in total. The quantitative estimate of drug-likeness (QED) is 0.743. The molecule has 0 aliphatic carbocycles. The summed E-state index contributed by atoms with van der Waals surface area (Å²) in [7, 11) is 3.09. The summed E-state index contributed by atoms with van der Waals surface area (Å²) >= 11 is 5.32. The Balaban J connectivity index is 2.05.